The van der Waals surface area contributed by atoms with Crippen molar-refractivity contribution in [3.8, 4) is 12.3 Å². The Bertz CT molecular complexity index is 143. The van der Waals surface area contributed by atoms with E-state index in [-0.39, 0.29) is 0 Å². The van der Waals surface area contributed by atoms with Gasteiger partial charge in [0.25, 0.3) is 0 Å². The molecule has 0 spiro atoms. The van der Waals surface area contributed by atoms with E-state index in [1.165, 1.54) is 0 Å². The van der Waals surface area contributed by atoms with Gasteiger partial charge < -0.3 is 4.57 Å². The Morgan fingerprint density at radius 3 is 2.89 bits per heavy atom. The molecule has 0 amide bonds. The number of hydrogen-bond donors (Lipinski definition) is 0. The van der Waals surface area contributed by atoms with E-state index in [0.29, 0.717) is 6.16 Å². The number of hydrogen-bond acceptors (Lipinski definition) is 1. The van der Waals surface area contributed by atoms with E-state index in [4.69, 9.17) is 6.42 Å². The van der Waals surface area contributed by atoms with Crippen LogP contribution in [0.3, 0.4) is 0 Å². The van der Waals surface area contributed by atoms with E-state index in [0.717, 1.165) is 12.6 Å². The van der Waals surface area contributed by atoms with Gasteiger partial charge in [0.1, 0.15) is 0 Å². The Morgan fingerprint density at radius 1 is 1.78 bits per heavy atom. The highest BCUT2D eigenvalue weighted by molar-refractivity contribution is 7.44. The van der Waals surface area contributed by atoms with Crippen molar-refractivity contribution in [3.05, 3.63) is 12.7 Å². The summed E-state index contributed by atoms with van der Waals surface area (Å²) in [7, 11) is -1.46. The lowest BCUT2D eigenvalue weighted by Gasteiger charge is -1.90. The minimum atomic E-state index is -1.46. The summed E-state index contributed by atoms with van der Waals surface area (Å²) in [6, 6.07) is 0. The van der Waals surface area contributed by atoms with Crippen LogP contribution in [0.2, 0.25) is 0 Å². The summed E-state index contributed by atoms with van der Waals surface area (Å²) < 4.78 is 10.8. The third-order valence-corrected chi connectivity index (χ3v) is 2.37. The molecule has 0 fully saturated rings. The van der Waals surface area contributed by atoms with E-state index in [2.05, 4.69) is 12.5 Å². The van der Waals surface area contributed by atoms with Gasteiger partial charge in [0.05, 0.1) is 14.0 Å². The minimum absolute atomic E-state index is 0.443. The molecule has 0 aliphatic rings. The summed E-state index contributed by atoms with van der Waals surface area (Å²) in [4.78, 5) is 0. The number of terminal acetylenes is 1. The van der Waals surface area contributed by atoms with Crippen molar-refractivity contribution in [2.24, 2.45) is 0 Å². The molecule has 2 heteroatoms. The van der Waals surface area contributed by atoms with Crippen molar-refractivity contribution in [2.75, 3.05) is 12.3 Å². The van der Waals surface area contributed by atoms with Crippen molar-refractivity contribution < 1.29 is 4.57 Å². The molecule has 1 atom stereocenters. The summed E-state index contributed by atoms with van der Waals surface area (Å²) in [5.74, 6) is 2.37. The molecule has 0 aromatic rings. The van der Waals surface area contributed by atoms with Crippen LogP contribution in [0.5, 0.6) is 0 Å². The molecule has 50 valence electrons. The zero-order chi connectivity index (χ0) is 7.11. The largest absolute Gasteiger partial charge is 0.326 e. The van der Waals surface area contributed by atoms with Crippen LogP contribution in [0.4, 0.5) is 0 Å². The molecular weight excluding hydrogens is 131 g/mol. The average Bonchev–Trinajstić information content (AvgIpc) is 1.85. The minimum Gasteiger partial charge on any atom is -0.326 e. The van der Waals surface area contributed by atoms with Crippen LogP contribution in [-0.2, 0) is 4.57 Å². The Labute approximate surface area is 56.9 Å². The lowest BCUT2D eigenvalue weighted by Crippen LogP contribution is -1.77. The molecule has 0 aromatic carbocycles. The highest BCUT2D eigenvalue weighted by atomic mass is 31.1. The Kier molecular flexibility index (Phi) is 5.37. The highest BCUT2D eigenvalue weighted by Gasteiger charge is 1.92. The van der Waals surface area contributed by atoms with Crippen LogP contribution in [0.1, 0.15) is 6.42 Å². The summed E-state index contributed by atoms with van der Waals surface area (Å²) in [5, 5.41) is 0. The molecule has 0 saturated carbocycles. The first kappa shape index (κ1) is 8.53. The monoisotopic (exact) mass is 142 g/mol. The molecule has 9 heavy (non-hydrogen) atoms. The first-order chi connectivity index (χ1) is 4.31. The molecule has 1 nitrogen and oxygen atoms in total. The van der Waals surface area contributed by atoms with Gasteiger partial charge in [-0.1, -0.05) is 12.0 Å². The summed E-state index contributed by atoms with van der Waals surface area (Å²) in [5.41, 5.74) is 0. The molecule has 0 aliphatic heterocycles. The molecule has 0 heterocycles. The van der Waals surface area contributed by atoms with Gasteiger partial charge in [0, 0.05) is 6.16 Å². The normalized spacial score (nSPS) is 11.9. The van der Waals surface area contributed by atoms with Crippen LogP contribution in [0.25, 0.3) is 0 Å². The average molecular weight is 142 g/mol. The van der Waals surface area contributed by atoms with E-state index < -0.39 is 7.80 Å². The highest BCUT2D eigenvalue weighted by Crippen LogP contribution is 2.19. The fourth-order valence-electron chi connectivity index (χ4n) is 0.465. The van der Waals surface area contributed by atoms with Gasteiger partial charge in [-0.15, -0.1) is 13.0 Å². The van der Waals surface area contributed by atoms with Gasteiger partial charge in [-0.2, -0.15) is 0 Å². The van der Waals surface area contributed by atoms with Gasteiger partial charge in [-0.25, -0.2) is 0 Å². The second kappa shape index (κ2) is 5.66. The van der Waals surface area contributed by atoms with Crippen molar-refractivity contribution >= 4 is 7.80 Å². The van der Waals surface area contributed by atoms with Gasteiger partial charge in [-0.05, 0) is 6.42 Å². The summed E-state index contributed by atoms with van der Waals surface area (Å²) in [6.45, 7) is 3.52. The maximum Gasteiger partial charge on any atom is 0.0878 e. The van der Waals surface area contributed by atoms with Crippen LogP contribution in [0.15, 0.2) is 12.7 Å². The zero-order valence-electron chi connectivity index (χ0n) is 5.39. The smallest absolute Gasteiger partial charge is 0.0878 e. The standard InChI is InChI=1S/C7H11OP/c1-3-5-7-9(8)6-4-2/h2-3,9H,1,5-7H2. The van der Waals surface area contributed by atoms with Crippen molar-refractivity contribution in [2.45, 2.75) is 6.42 Å². The summed E-state index contributed by atoms with van der Waals surface area (Å²) in [6.07, 6.45) is 8.70. The van der Waals surface area contributed by atoms with Gasteiger partial charge >= 0.3 is 0 Å². The zero-order valence-corrected chi connectivity index (χ0v) is 6.39. The molecule has 0 radical (unpaired) electrons. The SMILES string of the molecule is C#CC[PH](=O)CCC=C. The molecule has 1 unspecified atom stereocenters. The Hall–Kier alpha value is -0.470. The molecule has 0 rings (SSSR count). The number of allylic oxidation sites excluding steroid dienone is 1. The van der Waals surface area contributed by atoms with E-state index >= 15 is 0 Å². The quantitative estimate of drug-likeness (QED) is 0.332. The predicted octanol–water partition coefficient (Wildman–Crippen LogP) is 1.76. The Morgan fingerprint density at radius 2 is 2.44 bits per heavy atom. The van der Waals surface area contributed by atoms with Crippen LogP contribution < -0.4 is 0 Å². The predicted molar refractivity (Wildman–Crippen MR) is 42.4 cm³/mol. The maximum absolute atomic E-state index is 10.8. The third-order valence-electron chi connectivity index (χ3n) is 0.927. The van der Waals surface area contributed by atoms with Crippen molar-refractivity contribution in [1.29, 1.82) is 0 Å². The molecular formula is C7H11OP. The van der Waals surface area contributed by atoms with Crippen molar-refractivity contribution in [3.63, 3.8) is 0 Å². The van der Waals surface area contributed by atoms with Crippen molar-refractivity contribution in [1.82, 2.24) is 0 Å². The molecule has 0 aromatic heterocycles. The third kappa shape index (κ3) is 5.40. The van der Waals surface area contributed by atoms with Crippen LogP contribution in [-0.4, -0.2) is 12.3 Å². The lowest BCUT2D eigenvalue weighted by atomic mass is 10.5. The van der Waals surface area contributed by atoms with Crippen LogP contribution >= 0.6 is 7.80 Å². The lowest BCUT2D eigenvalue weighted by molar-refractivity contribution is 0.589. The van der Waals surface area contributed by atoms with E-state index in [9.17, 15) is 4.57 Å². The van der Waals surface area contributed by atoms with Gasteiger partial charge in [0.2, 0.25) is 0 Å². The summed E-state index contributed by atoms with van der Waals surface area (Å²) >= 11 is 0. The van der Waals surface area contributed by atoms with Crippen LogP contribution in [0, 0.1) is 12.3 Å². The molecule has 0 bridgehead atoms. The maximum atomic E-state index is 10.8. The van der Waals surface area contributed by atoms with Gasteiger partial charge in [0.15, 0.2) is 0 Å². The molecule has 0 N–H and O–H groups in total. The fourth-order valence-corrected chi connectivity index (χ4v) is 1.40. The first-order valence-corrected chi connectivity index (χ1v) is 4.69. The molecule has 0 aliphatic carbocycles. The van der Waals surface area contributed by atoms with Gasteiger partial charge in [-0.3, -0.25) is 0 Å². The second-order valence-corrected chi connectivity index (χ2v) is 3.68. The topological polar surface area (TPSA) is 17.1 Å². The first-order valence-electron chi connectivity index (χ1n) is 2.87. The number of rotatable bonds is 4. The van der Waals surface area contributed by atoms with E-state index in [1.807, 2.05) is 0 Å². The Balaban J connectivity index is 3.29. The second-order valence-electron chi connectivity index (χ2n) is 1.75. The molecule has 0 saturated heterocycles. The van der Waals surface area contributed by atoms with E-state index in [1.54, 1.807) is 6.08 Å². The fraction of sp³-hybridized carbons (Fsp3) is 0.429.